The third-order valence-corrected chi connectivity index (χ3v) is 2.86. The molecule has 0 atom stereocenters. The Labute approximate surface area is 90.9 Å². The van der Waals surface area contributed by atoms with Gasteiger partial charge in [0.25, 0.3) is 0 Å². The zero-order valence-electron chi connectivity index (χ0n) is 8.40. The highest BCUT2D eigenvalue weighted by atomic mass is 32.2. The number of aliphatic hydroxyl groups excluding tert-OH is 1. The molecular formula is C8H13N5OS. The van der Waals surface area contributed by atoms with Crippen molar-refractivity contribution >= 4 is 23.1 Å². The van der Waals surface area contributed by atoms with Crippen LogP contribution >= 0.6 is 11.8 Å². The molecule has 0 aromatic carbocycles. The van der Waals surface area contributed by atoms with Gasteiger partial charge in [0.05, 0.1) is 6.61 Å². The Hall–Kier alpha value is -1.21. The minimum Gasteiger partial charge on any atom is -0.396 e. The monoisotopic (exact) mass is 227 g/mol. The van der Waals surface area contributed by atoms with Crippen LogP contribution in [0.2, 0.25) is 0 Å². The number of nitrogens with zero attached hydrogens (tertiary/aromatic N) is 3. The van der Waals surface area contributed by atoms with Crippen molar-refractivity contribution in [2.24, 2.45) is 0 Å². The summed E-state index contributed by atoms with van der Waals surface area (Å²) in [6.45, 7) is 2.10. The van der Waals surface area contributed by atoms with Gasteiger partial charge in [-0.05, 0) is 5.75 Å². The van der Waals surface area contributed by atoms with E-state index in [0.29, 0.717) is 23.6 Å². The summed E-state index contributed by atoms with van der Waals surface area (Å²) in [4.78, 5) is 4.23. The molecule has 0 aliphatic heterocycles. The van der Waals surface area contributed by atoms with E-state index in [1.807, 2.05) is 0 Å². The number of rotatable bonds is 4. The standard InChI is InChI=1S/C8H13N5OS/c1-2-15-8-6(9)7-10-5(3-4-14)11-13(7)12-8/h12,14H,2-4,9H2,1H3. The molecule has 0 amide bonds. The molecule has 0 bridgehead atoms. The van der Waals surface area contributed by atoms with E-state index < -0.39 is 0 Å². The van der Waals surface area contributed by atoms with Crippen LogP contribution in [-0.2, 0) is 6.42 Å². The topological polar surface area (TPSA) is 92.2 Å². The van der Waals surface area contributed by atoms with Crippen LogP contribution in [0, 0.1) is 0 Å². The summed E-state index contributed by atoms with van der Waals surface area (Å²) < 4.78 is 1.55. The van der Waals surface area contributed by atoms with Crippen molar-refractivity contribution in [3.8, 4) is 0 Å². The van der Waals surface area contributed by atoms with Gasteiger partial charge >= 0.3 is 0 Å². The second kappa shape index (κ2) is 4.11. The molecule has 6 nitrogen and oxygen atoms in total. The van der Waals surface area contributed by atoms with E-state index in [1.54, 1.807) is 16.4 Å². The zero-order valence-corrected chi connectivity index (χ0v) is 9.21. The first kappa shape index (κ1) is 10.3. The Morgan fingerprint density at radius 1 is 1.60 bits per heavy atom. The van der Waals surface area contributed by atoms with Crippen LogP contribution in [0.5, 0.6) is 0 Å². The van der Waals surface area contributed by atoms with E-state index in [-0.39, 0.29) is 6.61 Å². The van der Waals surface area contributed by atoms with Gasteiger partial charge in [0.1, 0.15) is 10.7 Å². The Balaban J connectivity index is 2.39. The van der Waals surface area contributed by atoms with Gasteiger partial charge in [-0.1, -0.05) is 6.92 Å². The highest BCUT2D eigenvalue weighted by Crippen LogP contribution is 2.26. The van der Waals surface area contributed by atoms with Gasteiger partial charge in [0, 0.05) is 6.42 Å². The van der Waals surface area contributed by atoms with Crippen molar-refractivity contribution in [2.45, 2.75) is 18.4 Å². The smallest absolute Gasteiger partial charge is 0.199 e. The van der Waals surface area contributed by atoms with E-state index in [0.717, 1.165) is 10.8 Å². The summed E-state index contributed by atoms with van der Waals surface area (Å²) >= 11 is 1.62. The molecule has 0 saturated heterocycles. The number of thioether (sulfide) groups is 1. The molecule has 0 radical (unpaired) electrons. The normalized spacial score (nSPS) is 11.3. The zero-order chi connectivity index (χ0) is 10.8. The maximum atomic E-state index is 8.76. The lowest BCUT2D eigenvalue weighted by molar-refractivity contribution is 0.296. The van der Waals surface area contributed by atoms with Gasteiger partial charge in [0.2, 0.25) is 0 Å². The first-order valence-electron chi connectivity index (χ1n) is 4.73. The average Bonchev–Trinajstić information content (AvgIpc) is 2.70. The number of nitrogens with one attached hydrogen (secondary N) is 1. The minimum atomic E-state index is 0.0453. The Bertz CT molecular complexity index is 463. The minimum absolute atomic E-state index is 0.0453. The lowest BCUT2D eigenvalue weighted by Crippen LogP contribution is -1.95. The van der Waals surface area contributed by atoms with Crippen LogP contribution in [0.4, 0.5) is 5.69 Å². The molecule has 0 saturated carbocycles. The summed E-state index contributed by atoms with van der Waals surface area (Å²) in [5.74, 6) is 1.54. The fraction of sp³-hybridized carbons (Fsp3) is 0.500. The van der Waals surface area contributed by atoms with Crippen LogP contribution in [0.15, 0.2) is 5.03 Å². The molecule has 0 unspecified atom stereocenters. The van der Waals surface area contributed by atoms with E-state index in [4.69, 9.17) is 10.8 Å². The fourth-order valence-electron chi connectivity index (χ4n) is 1.33. The number of hydrogen-bond donors (Lipinski definition) is 3. The Morgan fingerprint density at radius 2 is 2.40 bits per heavy atom. The predicted octanol–water partition coefficient (Wildman–Crippen LogP) is 0.286. The second-order valence-electron chi connectivity index (χ2n) is 3.02. The SMILES string of the molecule is CCSc1[nH]n2nc(CCO)nc2c1N. The average molecular weight is 227 g/mol. The largest absolute Gasteiger partial charge is 0.396 e. The summed E-state index contributed by atoms with van der Waals surface area (Å²) in [5.41, 5.74) is 7.15. The van der Waals surface area contributed by atoms with Crippen molar-refractivity contribution in [3.05, 3.63) is 5.82 Å². The van der Waals surface area contributed by atoms with Gasteiger partial charge in [-0.25, -0.2) is 4.98 Å². The maximum absolute atomic E-state index is 8.76. The molecule has 2 aromatic heterocycles. The number of anilines is 1. The van der Waals surface area contributed by atoms with Crippen molar-refractivity contribution < 1.29 is 5.11 Å². The fourth-order valence-corrected chi connectivity index (χ4v) is 2.01. The first-order valence-corrected chi connectivity index (χ1v) is 5.71. The van der Waals surface area contributed by atoms with E-state index >= 15 is 0 Å². The number of nitrogens with two attached hydrogens (primary N) is 1. The molecule has 7 heteroatoms. The van der Waals surface area contributed by atoms with E-state index in [9.17, 15) is 0 Å². The van der Waals surface area contributed by atoms with E-state index in [2.05, 4.69) is 22.1 Å². The molecule has 2 heterocycles. The van der Waals surface area contributed by atoms with Gasteiger partial charge in [-0.2, -0.15) is 4.63 Å². The van der Waals surface area contributed by atoms with Crippen LogP contribution < -0.4 is 5.73 Å². The van der Waals surface area contributed by atoms with Crippen LogP contribution in [0.25, 0.3) is 5.65 Å². The van der Waals surface area contributed by atoms with Crippen molar-refractivity contribution in [1.82, 2.24) is 19.8 Å². The number of aromatic nitrogens is 4. The van der Waals surface area contributed by atoms with Crippen molar-refractivity contribution in [3.63, 3.8) is 0 Å². The molecule has 2 rings (SSSR count). The predicted molar refractivity (Wildman–Crippen MR) is 58.9 cm³/mol. The molecule has 82 valence electrons. The number of aliphatic hydroxyl groups is 1. The number of nitrogen functional groups attached to an aromatic ring is 1. The summed E-state index contributed by atoms with van der Waals surface area (Å²) in [6.07, 6.45) is 0.450. The van der Waals surface area contributed by atoms with Gasteiger partial charge < -0.3 is 10.8 Å². The molecule has 0 fully saturated rings. The molecular weight excluding hydrogens is 214 g/mol. The number of fused-ring (bicyclic) bond motifs is 1. The Morgan fingerprint density at radius 3 is 3.00 bits per heavy atom. The maximum Gasteiger partial charge on any atom is 0.199 e. The van der Waals surface area contributed by atoms with Gasteiger partial charge in [0.15, 0.2) is 11.5 Å². The van der Waals surface area contributed by atoms with Crippen molar-refractivity contribution in [1.29, 1.82) is 0 Å². The molecule has 0 aliphatic rings. The molecule has 4 N–H and O–H groups in total. The highest BCUT2D eigenvalue weighted by Gasteiger charge is 2.12. The number of hydrogen-bond acceptors (Lipinski definition) is 5. The number of H-pyrrole nitrogens is 1. The van der Waals surface area contributed by atoms with Crippen molar-refractivity contribution in [2.75, 3.05) is 18.1 Å². The lowest BCUT2D eigenvalue weighted by atomic mass is 10.4. The third kappa shape index (κ3) is 1.80. The lowest BCUT2D eigenvalue weighted by Gasteiger charge is -1.93. The quantitative estimate of drug-likeness (QED) is 0.653. The Kier molecular flexibility index (Phi) is 2.83. The van der Waals surface area contributed by atoms with Crippen LogP contribution in [0.3, 0.4) is 0 Å². The number of aromatic amines is 1. The molecule has 15 heavy (non-hydrogen) atoms. The molecule has 0 spiro atoms. The highest BCUT2D eigenvalue weighted by molar-refractivity contribution is 7.99. The third-order valence-electron chi connectivity index (χ3n) is 1.97. The molecule has 0 aliphatic carbocycles. The second-order valence-corrected chi connectivity index (χ2v) is 4.30. The van der Waals surface area contributed by atoms with Gasteiger partial charge in [-0.3, -0.25) is 5.10 Å². The van der Waals surface area contributed by atoms with Crippen LogP contribution in [0.1, 0.15) is 12.7 Å². The van der Waals surface area contributed by atoms with Gasteiger partial charge in [-0.15, -0.1) is 16.9 Å². The summed E-state index contributed by atoms with van der Waals surface area (Å²) in [5, 5.41) is 16.9. The summed E-state index contributed by atoms with van der Waals surface area (Å²) in [7, 11) is 0. The van der Waals surface area contributed by atoms with Crippen LogP contribution in [-0.4, -0.2) is 37.3 Å². The summed E-state index contributed by atoms with van der Waals surface area (Å²) in [6, 6.07) is 0. The first-order chi connectivity index (χ1) is 7.26. The van der Waals surface area contributed by atoms with E-state index in [1.165, 1.54) is 0 Å². The molecule has 2 aromatic rings.